The number of aliphatic hydroxyl groups excluding tert-OH is 1. The fourth-order valence-corrected chi connectivity index (χ4v) is 0.444. The summed E-state index contributed by atoms with van der Waals surface area (Å²) in [6, 6.07) is 0. The fourth-order valence-electron chi connectivity index (χ4n) is 0.444. The summed E-state index contributed by atoms with van der Waals surface area (Å²) in [6.45, 7) is 6.49. The lowest BCUT2D eigenvalue weighted by Crippen LogP contribution is -2.11. The predicted molar refractivity (Wildman–Crippen MR) is 38.6 cm³/mol. The van der Waals surface area contributed by atoms with Crippen molar-refractivity contribution in [3.8, 4) is 0 Å². The molecule has 0 spiro atoms. The van der Waals surface area contributed by atoms with Crippen LogP contribution in [-0.2, 0) is 9.47 Å². The molecule has 1 unspecified atom stereocenters. The lowest BCUT2D eigenvalue weighted by Gasteiger charge is -2.05. The van der Waals surface area contributed by atoms with Gasteiger partial charge in [0.1, 0.15) is 0 Å². The quantitative estimate of drug-likeness (QED) is 0.338. The molecule has 0 heterocycles. The Hall–Kier alpha value is -0.380. The van der Waals surface area contributed by atoms with E-state index in [-0.39, 0.29) is 0 Å². The van der Waals surface area contributed by atoms with Crippen molar-refractivity contribution in [3.63, 3.8) is 0 Å². The van der Waals surface area contributed by atoms with Gasteiger partial charge in [0.2, 0.25) is 0 Å². The summed E-state index contributed by atoms with van der Waals surface area (Å²) >= 11 is 0. The summed E-state index contributed by atoms with van der Waals surface area (Å²) in [4.78, 5) is 0. The van der Waals surface area contributed by atoms with Crippen molar-refractivity contribution >= 4 is 0 Å². The van der Waals surface area contributed by atoms with Crippen LogP contribution in [0.1, 0.15) is 6.92 Å². The Morgan fingerprint density at radius 2 is 2.30 bits per heavy atom. The maximum Gasteiger partial charge on any atom is 0.151 e. The highest BCUT2D eigenvalue weighted by molar-refractivity contribution is 4.63. The third-order valence-electron chi connectivity index (χ3n) is 0.822. The van der Waals surface area contributed by atoms with E-state index in [4.69, 9.17) is 14.6 Å². The molecule has 0 aromatic heterocycles. The van der Waals surface area contributed by atoms with E-state index in [1.54, 1.807) is 13.0 Å². The van der Waals surface area contributed by atoms with Gasteiger partial charge in [-0.1, -0.05) is 6.08 Å². The fraction of sp³-hybridized carbons (Fsp3) is 0.714. The molecular weight excluding hydrogens is 132 g/mol. The van der Waals surface area contributed by atoms with Gasteiger partial charge >= 0.3 is 0 Å². The molecule has 0 aliphatic carbocycles. The van der Waals surface area contributed by atoms with Crippen LogP contribution in [-0.4, -0.2) is 31.2 Å². The Balaban J connectivity index is 2.83. The minimum Gasteiger partial charge on any atom is -0.375 e. The second kappa shape index (κ2) is 6.74. The van der Waals surface area contributed by atoms with Crippen LogP contribution in [0.3, 0.4) is 0 Å². The van der Waals surface area contributed by atoms with Crippen LogP contribution in [0.2, 0.25) is 0 Å². The van der Waals surface area contributed by atoms with Gasteiger partial charge in [-0.05, 0) is 6.92 Å². The lowest BCUT2D eigenvalue weighted by molar-refractivity contribution is -0.0979. The summed E-state index contributed by atoms with van der Waals surface area (Å²) in [7, 11) is 0. The molecule has 0 aromatic rings. The highest BCUT2D eigenvalue weighted by Crippen LogP contribution is 1.83. The molecule has 0 saturated carbocycles. The molecule has 0 aliphatic heterocycles. The number of aliphatic hydroxyl groups is 1. The summed E-state index contributed by atoms with van der Waals surface area (Å²) < 4.78 is 9.76. The summed E-state index contributed by atoms with van der Waals surface area (Å²) in [5.41, 5.74) is 0. The Labute approximate surface area is 61.3 Å². The lowest BCUT2D eigenvalue weighted by atomic mass is 10.7. The average Bonchev–Trinajstić information content (AvgIpc) is 1.87. The van der Waals surface area contributed by atoms with E-state index in [0.29, 0.717) is 19.8 Å². The van der Waals surface area contributed by atoms with Gasteiger partial charge in [0.05, 0.1) is 19.8 Å². The van der Waals surface area contributed by atoms with Crippen molar-refractivity contribution < 1.29 is 14.6 Å². The normalized spacial score (nSPS) is 13.0. The van der Waals surface area contributed by atoms with Crippen LogP contribution < -0.4 is 0 Å². The van der Waals surface area contributed by atoms with Crippen LogP contribution in [0.4, 0.5) is 0 Å². The van der Waals surface area contributed by atoms with E-state index in [1.807, 2.05) is 0 Å². The zero-order valence-electron chi connectivity index (χ0n) is 6.25. The molecule has 60 valence electrons. The highest BCUT2D eigenvalue weighted by atomic mass is 16.6. The van der Waals surface area contributed by atoms with Gasteiger partial charge in [-0.3, -0.25) is 0 Å². The maximum atomic E-state index is 8.61. The molecule has 0 bridgehead atoms. The first-order valence-electron chi connectivity index (χ1n) is 3.25. The second-order valence-corrected chi connectivity index (χ2v) is 1.83. The monoisotopic (exact) mass is 146 g/mol. The first-order valence-corrected chi connectivity index (χ1v) is 3.25. The van der Waals surface area contributed by atoms with E-state index < -0.39 is 6.29 Å². The molecule has 1 atom stereocenters. The molecule has 1 N–H and O–H groups in total. The smallest absolute Gasteiger partial charge is 0.151 e. The van der Waals surface area contributed by atoms with Gasteiger partial charge < -0.3 is 14.6 Å². The Kier molecular flexibility index (Phi) is 6.48. The van der Waals surface area contributed by atoms with Gasteiger partial charge in [-0.25, -0.2) is 0 Å². The molecule has 0 aliphatic rings. The Bertz CT molecular complexity index is 80.9. The molecule has 0 saturated heterocycles. The molecule has 0 rings (SSSR count). The topological polar surface area (TPSA) is 38.7 Å². The number of hydrogen-bond acceptors (Lipinski definition) is 3. The van der Waals surface area contributed by atoms with Crippen LogP contribution in [0.5, 0.6) is 0 Å². The van der Waals surface area contributed by atoms with Crippen molar-refractivity contribution in [3.05, 3.63) is 12.7 Å². The second-order valence-electron chi connectivity index (χ2n) is 1.83. The molecule has 10 heavy (non-hydrogen) atoms. The van der Waals surface area contributed by atoms with E-state index in [1.165, 1.54) is 0 Å². The first-order chi connectivity index (χ1) is 4.77. The van der Waals surface area contributed by atoms with Gasteiger partial charge in [0.25, 0.3) is 0 Å². The van der Waals surface area contributed by atoms with E-state index in [9.17, 15) is 0 Å². The van der Waals surface area contributed by atoms with Crippen molar-refractivity contribution in [2.24, 2.45) is 0 Å². The van der Waals surface area contributed by atoms with E-state index in [0.717, 1.165) is 0 Å². The SMILES string of the molecule is C=CCOCCOC(C)O. The van der Waals surface area contributed by atoms with Crippen molar-refractivity contribution in [1.29, 1.82) is 0 Å². The third-order valence-corrected chi connectivity index (χ3v) is 0.822. The molecule has 3 nitrogen and oxygen atoms in total. The Morgan fingerprint density at radius 1 is 1.60 bits per heavy atom. The summed E-state index contributed by atoms with van der Waals surface area (Å²) in [5, 5.41) is 8.61. The minimum atomic E-state index is -0.702. The molecule has 0 fully saturated rings. The predicted octanol–water partition coefficient (Wildman–Crippen LogP) is 0.544. The standard InChI is InChI=1S/C7H14O3/c1-3-4-9-5-6-10-7(2)8/h3,7-8H,1,4-6H2,2H3. The largest absolute Gasteiger partial charge is 0.375 e. The number of hydrogen-bond donors (Lipinski definition) is 1. The Morgan fingerprint density at radius 3 is 2.80 bits per heavy atom. The molecule has 0 amide bonds. The van der Waals surface area contributed by atoms with Crippen LogP contribution >= 0.6 is 0 Å². The summed E-state index contributed by atoms with van der Waals surface area (Å²) in [6.07, 6.45) is 0.967. The van der Waals surface area contributed by atoms with E-state index >= 15 is 0 Å². The molecule has 0 aromatic carbocycles. The van der Waals surface area contributed by atoms with Gasteiger partial charge in [0.15, 0.2) is 6.29 Å². The van der Waals surface area contributed by atoms with Crippen LogP contribution in [0.25, 0.3) is 0 Å². The van der Waals surface area contributed by atoms with E-state index in [2.05, 4.69) is 6.58 Å². The first kappa shape index (κ1) is 9.62. The highest BCUT2D eigenvalue weighted by Gasteiger charge is 1.92. The zero-order valence-corrected chi connectivity index (χ0v) is 6.25. The molecule has 0 radical (unpaired) electrons. The number of ether oxygens (including phenoxy) is 2. The maximum absolute atomic E-state index is 8.61. The molecular formula is C7H14O3. The van der Waals surface area contributed by atoms with Crippen molar-refractivity contribution in [2.75, 3.05) is 19.8 Å². The number of rotatable bonds is 6. The van der Waals surface area contributed by atoms with Crippen LogP contribution in [0.15, 0.2) is 12.7 Å². The summed E-state index contributed by atoms with van der Waals surface area (Å²) in [5.74, 6) is 0. The van der Waals surface area contributed by atoms with Crippen molar-refractivity contribution in [1.82, 2.24) is 0 Å². The van der Waals surface area contributed by atoms with Crippen LogP contribution in [0, 0.1) is 0 Å². The zero-order chi connectivity index (χ0) is 7.82. The van der Waals surface area contributed by atoms with Gasteiger partial charge in [-0.2, -0.15) is 0 Å². The molecule has 3 heteroatoms. The average molecular weight is 146 g/mol. The van der Waals surface area contributed by atoms with Gasteiger partial charge in [-0.15, -0.1) is 6.58 Å². The van der Waals surface area contributed by atoms with Crippen molar-refractivity contribution in [2.45, 2.75) is 13.2 Å². The third kappa shape index (κ3) is 7.62. The minimum absolute atomic E-state index is 0.422. The van der Waals surface area contributed by atoms with Gasteiger partial charge in [0, 0.05) is 0 Å².